The number of anilines is 2. The third kappa shape index (κ3) is 3.50. The van der Waals surface area contributed by atoms with Crippen LogP contribution >= 0.6 is 0 Å². The molecule has 0 bridgehead atoms. The Kier molecular flexibility index (Phi) is 4.85. The Morgan fingerprint density at radius 2 is 1.73 bits per heavy atom. The van der Waals surface area contributed by atoms with Gasteiger partial charge < -0.3 is 10.2 Å². The molecule has 1 N–H and O–H groups in total. The first kappa shape index (κ1) is 18.3. The zero-order valence-electron chi connectivity index (χ0n) is 16.5. The number of nitrogens with zero attached hydrogens (tertiary/aromatic N) is 5. The molecule has 30 heavy (non-hydrogen) atoms. The van der Waals surface area contributed by atoms with Crippen LogP contribution in [0.4, 0.5) is 11.6 Å². The molecule has 1 saturated heterocycles. The van der Waals surface area contributed by atoms with Crippen molar-refractivity contribution in [3.8, 4) is 11.3 Å². The summed E-state index contributed by atoms with van der Waals surface area (Å²) in [7, 11) is 0. The van der Waals surface area contributed by atoms with Gasteiger partial charge in [-0.1, -0.05) is 36.4 Å². The monoisotopic (exact) mass is 398 g/mol. The van der Waals surface area contributed by atoms with Crippen LogP contribution in [0.2, 0.25) is 0 Å². The maximum atomic E-state index is 13.1. The summed E-state index contributed by atoms with van der Waals surface area (Å²) in [6, 6.07) is 17.4. The summed E-state index contributed by atoms with van der Waals surface area (Å²) in [5.41, 5.74) is 2.77. The van der Waals surface area contributed by atoms with E-state index in [1.165, 1.54) is 12.7 Å². The number of hydrogen-bond donors (Lipinski definition) is 1. The molecule has 0 aliphatic carbocycles. The first-order valence-corrected chi connectivity index (χ1v) is 10.2. The molecule has 150 valence electrons. The molecule has 7 heteroatoms. The zero-order valence-corrected chi connectivity index (χ0v) is 16.5. The number of hydrogen-bond acceptors (Lipinski definition) is 5. The van der Waals surface area contributed by atoms with E-state index in [2.05, 4.69) is 20.2 Å². The summed E-state index contributed by atoms with van der Waals surface area (Å²) in [5.74, 6) is 1.15. The van der Waals surface area contributed by atoms with Gasteiger partial charge >= 0.3 is 0 Å². The molecule has 0 unspecified atom stereocenters. The molecule has 0 saturated carbocycles. The molecule has 0 atom stereocenters. The van der Waals surface area contributed by atoms with Crippen molar-refractivity contribution in [1.29, 1.82) is 0 Å². The second-order valence-corrected chi connectivity index (χ2v) is 7.37. The molecular formula is C23H22N6O. The summed E-state index contributed by atoms with van der Waals surface area (Å²) >= 11 is 0. The molecule has 0 spiro atoms. The van der Waals surface area contributed by atoms with Crippen LogP contribution in [0, 0.1) is 0 Å². The van der Waals surface area contributed by atoms with Crippen molar-refractivity contribution in [2.45, 2.75) is 19.3 Å². The van der Waals surface area contributed by atoms with Gasteiger partial charge in [-0.15, -0.1) is 0 Å². The highest BCUT2D eigenvalue weighted by Crippen LogP contribution is 2.29. The van der Waals surface area contributed by atoms with Gasteiger partial charge in [0.2, 0.25) is 0 Å². The van der Waals surface area contributed by atoms with Crippen LogP contribution in [-0.4, -0.2) is 38.3 Å². The third-order valence-corrected chi connectivity index (χ3v) is 5.37. The van der Waals surface area contributed by atoms with E-state index in [-0.39, 0.29) is 5.91 Å². The van der Waals surface area contributed by atoms with E-state index >= 15 is 0 Å². The van der Waals surface area contributed by atoms with E-state index in [0.29, 0.717) is 11.5 Å². The SMILES string of the molecule is O=C(Nc1c(-c2ccccc2)nc2ccccn12)c1cc(N2CCCCC2)ncn1. The smallest absolute Gasteiger partial charge is 0.275 e. The molecular weight excluding hydrogens is 376 g/mol. The van der Waals surface area contributed by atoms with Crippen LogP contribution in [-0.2, 0) is 0 Å². The fourth-order valence-corrected chi connectivity index (χ4v) is 3.85. The number of benzene rings is 1. The molecule has 4 aromatic rings. The molecule has 5 rings (SSSR count). The second-order valence-electron chi connectivity index (χ2n) is 7.37. The predicted octanol–water partition coefficient (Wildman–Crippen LogP) is 4.03. The summed E-state index contributed by atoms with van der Waals surface area (Å²) < 4.78 is 1.88. The molecule has 7 nitrogen and oxygen atoms in total. The van der Waals surface area contributed by atoms with Crippen LogP contribution in [0.3, 0.4) is 0 Å². The lowest BCUT2D eigenvalue weighted by molar-refractivity contribution is 0.102. The topological polar surface area (TPSA) is 75.4 Å². The van der Waals surface area contributed by atoms with Crippen molar-refractivity contribution in [3.05, 3.63) is 72.8 Å². The van der Waals surface area contributed by atoms with Gasteiger partial charge in [0, 0.05) is 30.9 Å². The molecule has 1 fully saturated rings. The number of pyridine rings is 1. The average Bonchev–Trinajstić information content (AvgIpc) is 3.19. The molecule has 4 heterocycles. The molecule has 3 aromatic heterocycles. The van der Waals surface area contributed by atoms with Crippen molar-refractivity contribution >= 4 is 23.2 Å². The van der Waals surface area contributed by atoms with Crippen molar-refractivity contribution < 1.29 is 4.79 Å². The molecule has 0 radical (unpaired) electrons. The third-order valence-electron chi connectivity index (χ3n) is 5.37. The van der Waals surface area contributed by atoms with E-state index in [1.807, 2.05) is 59.1 Å². The van der Waals surface area contributed by atoms with Crippen molar-refractivity contribution in [1.82, 2.24) is 19.4 Å². The zero-order chi connectivity index (χ0) is 20.3. The lowest BCUT2D eigenvalue weighted by atomic mass is 10.1. The number of rotatable bonds is 4. The normalized spacial score (nSPS) is 14.1. The standard InChI is InChI=1S/C23H22N6O/c30-23(18-15-20(25-16-24-18)28-12-6-2-7-13-28)27-22-21(17-9-3-1-4-10-17)26-19-11-5-8-14-29(19)22/h1,3-5,8-11,14-16H,2,6-7,12-13H2,(H,27,30). The number of carbonyl (C=O) groups excluding carboxylic acids is 1. The van der Waals surface area contributed by atoms with Gasteiger partial charge in [-0.2, -0.15) is 0 Å². The minimum atomic E-state index is -0.279. The van der Waals surface area contributed by atoms with Gasteiger partial charge in [0.1, 0.15) is 35.0 Å². The Labute approximate surface area is 174 Å². The summed E-state index contributed by atoms with van der Waals surface area (Å²) in [6.07, 6.45) is 6.89. The molecule has 1 amide bonds. The maximum Gasteiger partial charge on any atom is 0.275 e. The predicted molar refractivity (Wildman–Crippen MR) is 117 cm³/mol. The Balaban J connectivity index is 1.49. The number of fused-ring (bicyclic) bond motifs is 1. The molecule has 1 aliphatic rings. The van der Waals surface area contributed by atoms with Gasteiger partial charge in [0.05, 0.1) is 0 Å². The minimum Gasteiger partial charge on any atom is -0.357 e. The Morgan fingerprint density at radius 3 is 2.57 bits per heavy atom. The summed E-state index contributed by atoms with van der Waals surface area (Å²) in [4.78, 5) is 28.6. The van der Waals surface area contributed by atoms with E-state index in [0.717, 1.165) is 48.7 Å². The number of imidazole rings is 1. The number of piperidine rings is 1. The van der Waals surface area contributed by atoms with Crippen LogP contribution in [0.25, 0.3) is 16.9 Å². The Bertz CT molecular complexity index is 1180. The van der Waals surface area contributed by atoms with Crippen LogP contribution in [0.15, 0.2) is 67.1 Å². The first-order valence-electron chi connectivity index (χ1n) is 10.2. The number of nitrogens with one attached hydrogen (secondary N) is 1. The van der Waals surface area contributed by atoms with E-state index in [9.17, 15) is 4.79 Å². The van der Waals surface area contributed by atoms with E-state index in [1.54, 1.807) is 6.07 Å². The minimum absolute atomic E-state index is 0.279. The van der Waals surface area contributed by atoms with Crippen LogP contribution in [0.1, 0.15) is 29.8 Å². The van der Waals surface area contributed by atoms with Crippen LogP contribution < -0.4 is 10.2 Å². The fraction of sp³-hybridized carbons (Fsp3) is 0.217. The summed E-state index contributed by atoms with van der Waals surface area (Å²) in [6.45, 7) is 1.92. The first-order chi connectivity index (χ1) is 14.8. The van der Waals surface area contributed by atoms with Crippen molar-refractivity contribution in [2.24, 2.45) is 0 Å². The highest BCUT2D eigenvalue weighted by atomic mass is 16.2. The number of carbonyl (C=O) groups is 1. The lowest BCUT2D eigenvalue weighted by Crippen LogP contribution is -2.30. The summed E-state index contributed by atoms with van der Waals surface area (Å²) in [5, 5.41) is 3.03. The molecule has 1 aliphatic heterocycles. The Hall–Kier alpha value is -3.74. The largest absolute Gasteiger partial charge is 0.357 e. The van der Waals surface area contributed by atoms with Crippen molar-refractivity contribution in [2.75, 3.05) is 23.3 Å². The van der Waals surface area contributed by atoms with Gasteiger partial charge in [0.15, 0.2) is 0 Å². The fourth-order valence-electron chi connectivity index (χ4n) is 3.85. The number of aromatic nitrogens is 4. The quantitative estimate of drug-likeness (QED) is 0.562. The highest BCUT2D eigenvalue weighted by molar-refractivity contribution is 6.04. The van der Waals surface area contributed by atoms with Gasteiger partial charge in [-0.05, 0) is 31.4 Å². The van der Waals surface area contributed by atoms with Crippen LogP contribution in [0.5, 0.6) is 0 Å². The average molecular weight is 398 g/mol. The van der Waals surface area contributed by atoms with Gasteiger partial charge in [-0.25, -0.2) is 15.0 Å². The Morgan fingerprint density at radius 1 is 0.933 bits per heavy atom. The van der Waals surface area contributed by atoms with E-state index in [4.69, 9.17) is 4.98 Å². The second kappa shape index (κ2) is 7.94. The number of amides is 1. The van der Waals surface area contributed by atoms with E-state index < -0.39 is 0 Å². The van der Waals surface area contributed by atoms with Gasteiger partial charge in [0.25, 0.3) is 5.91 Å². The van der Waals surface area contributed by atoms with Gasteiger partial charge in [-0.3, -0.25) is 9.20 Å². The molecule has 1 aromatic carbocycles. The lowest BCUT2D eigenvalue weighted by Gasteiger charge is -2.27. The highest BCUT2D eigenvalue weighted by Gasteiger charge is 2.19. The maximum absolute atomic E-state index is 13.1. The van der Waals surface area contributed by atoms with Crippen molar-refractivity contribution in [3.63, 3.8) is 0 Å².